The first-order valence-corrected chi connectivity index (χ1v) is 10.6. The normalized spacial score (nSPS) is 14.6. The summed E-state index contributed by atoms with van der Waals surface area (Å²) in [6.07, 6.45) is 2.59. The first-order chi connectivity index (χ1) is 16.1. The van der Waals surface area contributed by atoms with Crippen molar-refractivity contribution in [3.05, 3.63) is 101 Å². The fourth-order valence-electron chi connectivity index (χ4n) is 3.98. The number of carbonyl (C=O) groups excluding carboxylic acids is 1. The molecule has 1 unspecified atom stereocenters. The van der Waals surface area contributed by atoms with Crippen LogP contribution in [0.4, 0.5) is 0 Å². The van der Waals surface area contributed by atoms with Crippen LogP contribution in [0.3, 0.4) is 0 Å². The highest BCUT2D eigenvalue weighted by atomic mass is 16.5. The first kappa shape index (κ1) is 20.6. The molecule has 0 amide bonds. The lowest BCUT2D eigenvalue weighted by Crippen LogP contribution is -2.15. The van der Waals surface area contributed by atoms with Crippen LogP contribution in [0.2, 0.25) is 0 Å². The molecule has 0 bridgehead atoms. The van der Waals surface area contributed by atoms with Gasteiger partial charge in [-0.1, -0.05) is 42.5 Å². The Labute approximate surface area is 189 Å². The van der Waals surface area contributed by atoms with Crippen molar-refractivity contribution in [3.63, 3.8) is 0 Å². The molecule has 1 N–H and O–H groups in total. The number of aromatic carboxylic acids is 1. The molecular weight excluding hydrogens is 420 g/mol. The van der Waals surface area contributed by atoms with E-state index in [2.05, 4.69) is 9.97 Å². The molecular formula is C26H20N2O5. The molecule has 0 saturated carbocycles. The molecule has 1 aliphatic carbocycles. The summed E-state index contributed by atoms with van der Waals surface area (Å²) < 4.78 is 11.6. The number of carboxylic acids is 1. The van der Waals surface area contributed by atoms with Gasteiger partial charge in [0.05, 0.1) is 6.20 Å². The minimum atomic E-state index is -1.14. The van der Waals surface area contributed by atoms with Gasteiger partial charge in [-0.25, -0.2) is 14.8 Å². The maximum Gasteiger partial charge on any atom is 0.354 e. The van der Waals surface area contributed by atoms with E-state index in [-0.39, 0.29) is 29.0 Å². The van der Waals surface area contributed by atoms with Crippen LogP contribution in [0.15, 0.2) is 77.3 Å². The number of oxazole rings is 1. The third kappa shape index (κ3) is 4.39. The highest BCUT2D eigenvalue weighted by Gasteiger charge is 2.31. The molecule has 164 valence electrons. The van der Waals surface area contributed by atoms with E-state index in [1.165, 1.54) is 12.3 Å². The number of nitrogens with zero attached hydrogens (tertiary/aromatic N) is 2. The van der Waals surface area contributed by atoms with E-state index in [0.29, 0.717) is 25.1 Å². The minimum absolute atomic E-state index is 0.00545. The smallest absolute Gasteiger partial charge is 0.354 e. The monoisotopic (exact) mass is 440 g/mol. The van der Waals surface area contributed by atoms with Gasteiger partial charge in [0.25, 0.3) is 5.89 Å². The minimum Gasteiger partial charge on any atom is -0.489 e. The van der Waals surface area contributed by atoms with E-state index < -0.39 is 5.97 Å². The summed E-state index contributed by atoms with van der Waals surface area (Å²) in [6.45, 7) is 0.484. The lowest BCUT2D eigenvalue weighted by atomic mass is 10.0. The van der Waals surface area contributed by atoms with Crippen LogP contribution in [0.1, 0.15) is 37.9 Å². The molecule has 2 aromatic heterocycles. The number of carbonyl (C=O) groups is 2. The second-order valence-electron chi connectivity index (χ2n) is 7.92. The number of Topliss-reactive ketones (excluding diaryl/α,β-unsaturated/α-hetero) is 1. The Morgan fingerprint density at radius 2 is 1.82 bits per heavy atom. The number of pyridine rings is 1. The average molecular weight is 440 g/mol. The number of benzene rings is 2. The van der Waals surface area contributed by atoms with Gasteiger partial charge in [-0.2, -0.15) is 0 Å². The maximum absolute atomic E-state index is 13.0. The summed E-state index contributed by atoms with van der Waals surface area (Å²) in [5.41, 5.74) is 3.50. The van der Waals surface area contributed by atoms with Crippen LogP contribution in [0, 0.1) is 5.92 Å². The molecule has 2 heterocycles. The van der Waals surface area contributed by atoms with E-state index >= 15 is 0 Å². The predicted octanol–water partition coefficient (Wildman–Crippen LogP) is 4.61. The largest absolute Gasteiger partial charge is 0.489 e. The predicted molar refractivity (Wildman–Crippen MR) is 119 cm³/mol. The molecule has 7 nitrogen and oxygen atoms in total. The molecule has 0 spiro atoms. The molecule has 0 radical (unpaired) electrons. The highest BCUT2D eigenvalue weighted by Crippen LogP contribution is 2.32. The van der Waals surface area contributed by atoms with Gasteiger partial charge in [-0.3, -0.25) is 4.79 Å². The third-order valence-electron chi connectivity index (χ3n) is 5.67. The van der Waals surface area contributed by atoms with Gasteiger partial charge >= 0.3 is 5.97 Å². The topological polar surface area (TPSA) is 103 Å². The van der Waals surface area contributed by atoms with E-state index in [0.717, 1.165) is 22.4 Å². The molecule has 1 aliphatic rings. The maximum atomic E-state index is 13.0. The summed E-state index contributed by atoms with van der Waals surface area (Å²) in [7, 11) is 0. The fourth-order valence-corrected chi connectivity index (χ4v) is 3.98. The van der Waals surface area contributed by atoms with E-state index in [1.807, 2.05) is 48.5 Å². The Kier molecular flexibility index (Phi) is 5.44. The Hall–Kier alpha value is -4.26. The van der Waals surface area contributed by atoms with Crippen LogP contribution >= 0.6 is 0 Å². The van der Waals surface area contributed by atoms with E-state index in [9.17, 15) is 9.59 Å². The Morgan fingerprint density at radius 1 is 1.00 bits per heavy atom. The molecule has 33 heavy (non-hydrogen) atoms. The van der Waals surface area contributed by atoms with Crippen molar-refractivity contribution in [2.45, 2.75) is 19.4 Å². The zero-order valence-corrected chi connectivity index (χ0v) is 17.6. The molecule has 0 saturated heterocycles. The number of fused-ring (bicyclic) bond motifs is 1. The number of hydrogen-bond acceptors (Lipinski definition) is 6. The molecule has 2 aromatic carbocycles. The van der Waals surface area contributed by atoms with Crippen LogP contribution in [0.25, 0.3) is 11.5 Å². The first-order valence-electron chi connectivity index (χ1n) is 10.6. The number of carboxylic acid groups (broad SMARTS) is 1. The van der Waals surface area contributed by atoms with Crippen LogP contribution in [-0.2, 0) is 19.4 Å². The number of ether oxygens (including phenoxy) is 1. The van der Waals surface area contributed by atoms with E-state index in [1.54, 1.807) is 12.1 Å². The van der Waals surface area contributed by atoms with Crippen molar-refractivity contribution in [3.8, 4) is 17.2 Å². The summed E-state index contributed by atoms with van der Waals surface area (Å²) in [6, 6.07) is 20.5. The van der Waals surface area contributed by atoms with Crippen molar-refractivity contribution in [2.75, 3.05) is 0 Å². The lowest BCUT2D eigenvalue weighted by molar-refractivity contribution is 0.0690. The fraction of sp³-hybridized carbons (Fsp3) is 0.154. The van der Waals surface area contributed by atoms with Crippen molar-refractivity contribution in [1.29, 1.82) is 0 Å². The number of rotatable bonds is 7. The average Bonchev–Trinajstić information content (AvgIpc) is 3.50. The van der Waals surface area contributed by atoms with Gasteiger partial charge in [-0.05, 0) is 53.8 Å². The molecule has 4 aromatic rings. The molecule has 7 heteroatoms. The summed E-state index contributed by atoms with van der Waals surface area (Å²) in [5.74, 6) is -0.552. The van der Waals surface area contributed by atoms with Crippen LogP contribution in [0.5, 0.6) is 5.75 Å². The number of ketones is 1. The van der Waals surface area contributed by atoms with E-state index in [4.69, 9.17) is 14.3 Å². The lowest BCUT2D eigenvalue weighted by Gasteiger charge is -2.08. The van der Waals surface area contributed by atoms with Crippen molar-refractivity contribution < 1.29 is 23.8 Å². The Morgan fingerprint density at radius 3 is 2.64 bits per heavy atom. The van der Waals surface area contributed by atoms with Crippen molar-refractivity contribution >= 4 is 11.8 Å². The van der Waals surface area contributed by atoms with Gasteiger partial charge in [0.1, 0.15) is 23.7 Å². The van der Waals surface area contributed by atoms with Crippen molar-refractivity contribution in [1.82, 2.24) is 9.97 Å². The Balaban J connectivity index is 1.27. The Bertz CT molecular complexity index is 1330. The molecule has 5 rings (SSSR count). The van der Waals surface area contributed by atoms with Crippen LogP contribution in [-0.4, -0.2) is 26.8 Å². The van der Waals surface area contributed by atoms with Crippen molar-refractivity contribution in [2.24, 2.45) is 5.92 Å². The molecule has 0 fully saturated rings. The van der Waals surface area contributed by atoms with Gasteiger partial charge in [-0.15, -0.1) is 0 Å². The summed E-state index contributed by atoms with van der Waals surface area (Å²) in [4.78, 5) is 32.3. The molecule has 0 aliphatic heterocycles. The number of aromatic nitrogens is 2. The van der Waals surface area contributed by atoms with Crippen LogP contribution < -0.4 is 4.74 Å². The van der Waals surface area contributed by atoms with Gasteiger partial charge in [0.15, 0.2) is 5.76 Å². The van der Waals surface area contributed by atoms with Gasteiger partial charge in [0, 0.05) is 5.92 Å². The summed E-state index contributed by atoms with van der Waals surface area (Å²) in [5, 5.41) is 9.12. The number of hydrogen-bond donors (Lipinski definition) is 1. The van der Waals surface area contributed by atoms with Gasteiger partial charge < -0.3 is 14.3 Å². The standard InChI is InChI=1S/C26H20N2O5/c29-24(25-27-14-23(33-25)21-7-4-8-22(28-21)26(30)31)19-11-17-9-10-20(13-18(17)12-19)32-15-16-5-2-1-3-6-16/h1-10,13-14,19H,11-12,15H2,(H,30,31). The molecule has 1 atom stereocenters. The quantitative estimate of drug-likeness (QED) is 0.419. The second kappa shape index (κ2) is 8.70. The zero-order chi connectivity index (χ0) is 22.8. The zero-order valence-electron chi connectivity index (χ0n) is 17.6. The SMILES string of the molecule is O=C(O)c1cccc(-c2cnc(C(=O)C3Cc4ccc(OCc5ccccc5)cc4C3)o2)n1. The third-order valence-corrected chi connectivity index (χ3v) is 5.67. The summed E-state index contributed by atoms with van der Waals surface area (Å²) >= 11 is 0. The highest BCUT2D eigenvalue weighted by molar-refractivity contribution is 5.95. The van der Waals surface area contributed by atoms with Gasteiger partial charge in [0.2, 0.25) is 5.78 Å². The second-order valence-corrected chi connectivity index (χ2v) is 7.92.